The predicted octanol–water partition coefficient (Wildman–Crippen LogP) is 2.70. The topological polar surface area (TPSA) is 51.8 Å². The van der Waals surface area contributed by atoms with Gasteiger partial charge in [-0.3, -0.25) is 0 Å². The molecule has 0 fully saturated rings. The van der Waals surface area contributed by atoms with Crippen LogP contribution in [0.1, 0.15) is 41.0 Å². The van der Waals surface area contributed by atoms with Gasteiger partial charge in [0.1, 0.15) is 0 Å². The van der Waals surface area contributed by atoms with Crippen molar-refractivity contribution in [1.82, 2.24) is 10.2 Å². The van der Waals surface area contributed by atoms with E-state index in [0.717, 1.165) is 28.9 Å². The maximum absolute atomic E-state index is 6.31. The maximum Gasteiger partial charge on any atom is 0.0651 e. The van der Waals surface area contributed by atoms with E-state index in [-0.39, 0.29) is 6.04 Å². The van der Waals surface area contributed by atoms with Crippen LogP contribution in [0.3, 0.4) is 0 Å². The minimum atomic E-state index is -0.134. The molecular weight excluding hydrogens is 222 g/mol. The lowest BCUT2D eigenvalue weighted by Gasteiger charge is -2.15. The van der Waals surface area contributed by atoms with Gasteiger partial charge >= 0.3 is 0 Å². The van der Waals surface area contributed by atoms with E-state index in [9.17, 15) is 0 Å². The van der Waals surface area contributed by atoms with Gasteiger partial charge in [-0.15, -0.1) is 0 Å². The minimum Gasteiger partial charge on any atom is -0.320 e. The zero-order valence-electron chi connectivity index (χ0n) is 11.1. The minimum absolute atomic E-state index is 0.134. The lowest BCUT2D eigenvalue weighted by atomic mass is 9.97. The first kappa shape index (κ1) is 12.7. The molecule has 1 aromatic heterocycles. The number of nitrogens with two attached hydrogens (primary N) is 1. The number of rotatable bonds is 3. The smallest absolute Gasteiger partial charge is 0.0651 e. The monoisotopic (exact) mass is 241 g/mol. The Bertz CT molecular complexity index is 532. The zero-order chi connectivity index (χ0) is 13.1. The summed E-state index contributed by atoms with van der Waals surface area (Å²) in [7, 11) is 0. The average molecular weight is 241 g/mol. The van der Waals surface area contributed by atoms with Crippen molar-refractivity contribution in [3.8, 4) is 0 Å². The van der Waals surface area contributed by atoms with Crippen molar-refractivity contribution in [2.24, 2.45) is 5.73 Å². The van der Waals surface area contributed by atoms with Gasteiger partial charge in [-0.1, -0.05) is 31.2 Å². The molecule has 0 amide bonds. The summed E-state index contributed by atoms with van der Waals surface area (Å²) >= 11 is 0. The summed E-state index contributed by atoms with van der Waals surface area (Å²) in [4.78, 5) is 0. The first-order valence-corrected chi connectivity index (χ1v) is 6.27. The van der Waals surface area contributed by atoms with Crippen molar-refractivity contribution in [3.05, 3.63) is 58.4 Å². The molecule has 1 aromatic carbocycles. The van der Waals surface area contributed by atoms with Crippen LogP contribution in [0.2, 0.25) is 0 Å². The molecule has 0 aliphatic heterocycles. The number of hydrogen-bond acceptors (Lipinski definition) is 3. The highest BCUT2D eigenvalue weighted by Gasteiger charge is 2.12. The van der Waals surface area contributed by atoms with Crippen LogP contribution < -0.4 is 5.73 Å². The Balaban J connectivity index is 2.34. The summed E-state index contributed by atoms with van der Waals surface area (Å²) in [5, 5.41) is 8.17. The van der Waals surface area contributed by atoms with Crippen LogP contribution in [0.5, 0.6) is 0 Å². The Morgan fingerprint density at radius 3 is 2.39 bits per heavy atom. The Hall–Kier alpha value is -1.74. The van der Waals surface area contributed by atoms with E-state index in [2.05, 4.69) is 41.4 Å². The molecule has 1 atom stereocenters. The van der Waals surface area contributed by atoms with Gasteiger partial charge in [0.15, 0.2) is 0 Å². The molecule has 0 radical (unpaired) electrons. The molecule has 2 rings (SSSR count). The van der Waals surface area contributed by atoms with E-state index < -0.39 is 0 Å². The fraction of sp³-hybridized carbons (Fsp3) is 0.333. The van der Waals surface area contributed by atoms with E-state index >= 15 is 0 Å². The van der Waals surface area contributed by atoms with E-state index in [1.54, 1.807) is 0 Å². The van der Waals surface area contributed by atoms with Crippen LogP contribution in [0, 0.1) is 13.8 Å². The molecule has 94 valence electrons. The highest BCUT2D eigenvalue weighted by Crippen LogP contribution is 2.22. The van der Waals surface area contributed by atoms with Crippen LogP contribution in [-0.2, 0) is 6.42 Å². The van der Waals surface area contributed by atoms with E-state index in [0.29, 0.717) is 0 Å². The van der Waals surface area contributed by atoms with Crippen molar-refractivity contribution < 1.29 is 0 Å². The number of hydrogen-bond donors (Lipinski definition) is 1. The summed E-state index contributed by atoms with van der Waals surface area (Å²) in [6.45, 7) is 6.03. The molecule has 3 nitrogen and oxygen atoms in total. The number of nitrogens with zero attached hydrogens (tertiary/aromatic N) is 2. The predicted molar refractivity (Wildman–Crippen MR) is 73.4 cm³/mol. The molecule has 0 saturated carbocycles. The Morgan fingerprint density at radius 2 is 1.78 bits per heavy atom. The van der Waals surface area contributed by atoms with Gasteiger partial charge in [0, 0.05) is 0 Å². The third-order valence-electron chi connectivity index (χ3n) is 3.22. The molecule has 1 heterocycles. The molecule has 2 N–H and O–H groups in total. The summed E-state index contributed by atoms with van der Waals surface area (Å²) in [6, 6.07) is 10.3. The lowest BCUT2D eigenvalue weighted by Crippen LogP contribution is -2.15. The number of benzene rings is 1. The maximum atomic E-state index is 6.31. The average Bonchev–Trinajstić information content (AvgIpc) is 2.41. The van der Waals surface area contributed by atoms with Crippen LogP contribution in [-0.4, -0.2) is 10.2 Å². The standard InChI is InChI=1S/C15H19N3/c1-4-12-5-7-13(8-6-12)15(16)14-9-10(2)17-18-11(14)3/h5-9,15H,4,16H2,1-3H3. The van der Waals surface area contributed by atoms with Crippen molar-refractivity contribution in [1.29, 1.82) is 0 Å². The molecule has 0 saturated heterocycles. The summed E-state index contributed by atoms with van der Waals surface area (Å²) in [5.41, 5.74) is 11.6. The van der Waals surface area contributed by atoms with E-state index in [4.69, 9.17) is 5.73 Å². The fourth-order valence-electron chi connectivity index (χ4n) is 2.03. The van der Waals surface area contributed by atoms with Crippen LogP contribution >= 0.6 is 0 Å². The fourth-order valence-corrected chi connectivity index (χ4v) is 2.03. The van der Waals surface area contributed by atoms with Crippen molar-refractivity contribution >= 4 is 0 Å². The molecule has 1 unspecified atom stereocenters. The van der Waals surface area contributed by atoms with Crippen molar-refractivity contribution in [2.45, 2.75) is 33.2 Å². The van der Waals surface area contributed by atoms with Gasteiger partial charge in [-0.05, 0) is 43.0 Å². The van der Waals surface area contributed by atoms with Crippen molar-refractivity contribution in [3.63, 3.8) is 0 Å². The molecule has 3 heteroatoms. The second-order valence-corrected chi connectivity index (χ2v) is 4.60. The Morgan fingerprint density at radius 1 is 1.11 bits per heavy atom. The highest BCUT2D eigenvalue weighted by molar-refractivity contribution is 5.35. The molecule has 0 bridgehead atoms. The summed E-state index contributed by atoms with van der Waals surface area (Å²) in [5.74, 6) is 0. The number of aryl methyl sites for hydroxylation is 3. The quantitative estimate of drug-likeness (QED) is 0.899. The first-order chi connectivity index (χ1) is 8.61. The molecule has 0 aliphatic carbocycles. The first-order valence-electron chi connectivity index (χ1n) is 6.27. The molecule has 0 aliphatic rings. The number of aromatic nitrogens is 2. The summed E-state index contributed by atoms with van der Waals surface area (Å²) in [6.07, 6.45) is 1.05. The lowest BCUT2D eigenvalue weighted by molar-refractivity contribution is 0.812. The van der Waals surface area contributed by atoms with Crippen molar-refractivity contribution in [2.75, 3.05) is 0 Å². The van der Waals surface area contributed by atoms with Gasteiger partial charge in [-0.25, -0.2) is 0 Å². The highest BCUT2D eigenvalue weighted by atomic mass is 15.1. The van der Waals surface area contributed by atoms with Gasteiger partial charge in [0.05, 0.1) is 17.4 Å². The van der Waals surface area contributed by atoms with Gasteiger partial charge in [0.2, 0.25) is 0 Å². The Labute approximate surface area is 108 Å². The van der Waals surface area contributed by atoms with Gasteiger partial charge in [-0.2, -0.15) is 10.2 Å². The molecule has 18 heavy (non-hydrogen) atoms. The van der Waals surface area contributed by atoms with Gasteiger partial charge < -0.3 is 5.73 Å². The van der Waals surface area contributed by atoms with Gasteiger partial charge in [0.25, 0.3) is 0 Å². The Kier molecular flexibility index (Phi) is 3.72. The van der Waals surface area contributed by atoms with E-state index in [1.807, 2.05) is 19.9 Å². The SMILES string of the molecule is CCc1ccc(C(N)c2cc(C)nnc2C)cc1. The summed E-state index contributed by atoms with van der Waals surface area (Å²) < 4.78 is 0. The third-order valence-corrected chi connectivity index (χ3v) is 3.22. The molecular formula is C15H19N3. The van der Waals surface area contributed by atoms with Crippen LogP contribution in [0.25, 0.3) is 0 Å². The largest absolute Gasteiger partial charge is 0.320 e. The second kappa shape index (κ2) is 5.27. The van der Waals surface area contributed by atoms with E-state index in [1.165, 1.54) is 5.56 Å². The normalized spacial score (nSPS) is 12.4. The molecule has 2 aromatic rings. The second-order valence-electron chi connectivity index (χ2n) is 4.60. The zero-order valence-corrected chi connectivity index (χ0v) is 11.1. The third kappa shape index (κ3) is 2.57. The van der Waals surface area contributed by atoms with Crippen LogP contribution in [0.4, 0.5) is 0 Å². The molecule has 0 spiro atoms. The van der Waals surface area contributed by atoms with Crippen LogP contribution in [0.15, 0.2) is 30.3 Å².